The van der Waals surface area contributed by atoms with Crippen LogP contribution in [0.3, 0.4) is 0 Å². The fourth-order valence-electron chi connectivity index (χ4n) is 2.88. The number of carbonyl (C=O) groups excluding carboxylic acids is 1. The third-order valence-corrected chi connectivity index (χ3v) is 5.27. The minimum Gasteiger partial charge on any atom is -0.463 e. The van der Waals surface area contributed by atoms with Crippen LogP contribution < -0.4 is 0 Å². The second-order valence-corrected chi connectivity index (χ2v) is 7.15. The van der Waals surface area contributed by atoms with Crippen LogP contribution in [0.4, 0.5) is 0 Å². The van der Waals surface area contributed by atoms with Crippen molar-refractivity contribution >= 4 is 17.7 Å². The van der Waals surface area contributed by atoms with Gasteiger partial charge in [0, 0.05) is 18.0 Å². The largest absolute Gasteiger partial charge is 0.463 e. The van der Waals surface area contributed by atoms with Gasteiger partial charge < -0.3 is 9.15 Å². The van der Waals surface area contributed by atoms with Crippen LogP contribution in [0.2, 0.25) is 0 Å². The molecule has 3 heterocycles. The lowest BCUT2D eigenvalue weighted by atomic mass is 10.2. The topological polar surface area (TPSA) is 83.0 Å². The summed E-state index contributed by atoms with van der Waals surface area (Å²) in [5, 5.41) is 9.55. The third-order valence-electron chi connectivity index (χ3n) is 4.32. The van der Waals surface area contributed by atoms with Gasteiger partial charge in [-0.05, 0) is 42.8 Å². The Morgan fingerprint density at radius 2 is 1.90 bits per heavy atom. The van der Waals surface area contributed by atoms with Crippen LogP contribution >= 0.6 is 11.8 Å². The number of rotatable bonds is 6. The highest BCUT2D eigenvalue weighted by Gasteiger charge is 2.18. The Balaban J connectivity index is 1.69. The van der Waals surface area contributed by atoms with E-state index < -0.39 is 5.97 Å². The predicted molar refractivity (Wildman–Crippen MR) is 109 cm³/mol. The summed E-state index contributed by atoms with van der Waals surface area (Å²) in [6, 6.07) is 15.3. The number of furan rings is 1. The number of nitrogens with zero attached hydrogens (tertiary/aromatic N) is 4. The quantitative estimate of drug-likeness (QED) is 0.348. The molecule has 0 fully saturated rings. The summed E-state index contributed by atoms with van der Waals surface area (Å²) in [7, 11) is 1.32. The van der Waals surface area contributed by atoms with E-state index in [1.807, 2.05) is 34.9 Å². The molecule has 7 nitrogen and oxygen atoms in total. The molecule has 0 unspecified atom stereocenters. The third kappa shape index (κ3) is 3.93. The van der Waals surface area contributed by atoms with Crippen molar-refractivity contribution in [1.82, 2.24) is 19.7 Å². The van der Waals surface area contributed by atoms with Crippen LogP contribution in [0.5, 0.6) is 0 Å². The summed E-state index contributed by atoms with van der Waals surface area (Å²) in [6.45, 7) is 2.05. The molecular weight excluding hydrogens is 388 g/mol. The van der Waals surface area contributed by atoms with Crippen molar-refractivity contribution < 1.29 is 13.9 Å². The molecule has 0 saturated heterocycles. The second-order valence-electron chi connectivity index (χ2n) is 6.21. The van der Waals surface area contributed by atoms with Crippen LogP contribution in [0, 0.1) is 6.92 Å². The molecule has 0 atom stereocenters. The normalized spacial score (nSPS) is 10.8. The van der Waals surface area contributed by atoms with Gasteiger partial charge in [-0.3, -0.25) is 9.55 Å². The number of carbonyl (C=O) groups is 1. The predicted octanol–water partition coefficient (Wildman–Crippen LogP) is 4.31. The molecule has 1 aromatic carbocycles. The van der Waals surface area contributed by atoms with Crippen LogP contribution in [0.25, 0.3) is 17.1 Å². The first-order valence-electron chi connectivity index (χ1n) is 8.89. The molecule has 0 radical (unpaired) electrons. The first-order valence-corrected chi connectivity index (χ1v) is 9.87. The highest BCUT2D eigenvalue weighted by atomic mass is 32.2. The minimum absolute atomic E-state index is 0.181. The summed E-state index contributed by atoms with van der Waals surface area (Å²) < 4.78 is 12.3. The first kappa shape index (κ1) is 18.9. The van der Waals surface area contributed by atoms with Gasteiger partial charge in [0.25, 0.3) is 0 Å². The summed E-state index contributed by atoms with van der Waals surface area (Å²) in [5.41, 5.74) is 3.03. The maximum Gasteiger partial charge on any atom is 0.373 e. The molecule has 0 spiro atoms. The molecule has 0 bridgehead atoms. The number of pyridine rings is 1. The minimum atomic E-state index is -0.496. The van der Waals surface area contributed by atoms with Crippen molar-refractivity contribution in [3.63, 3.8) is 0 Å². The van der Waals surface area contributed by atoms with E-state index in [9.17, 15) is 4.79 Å². The summed E-state index contributed by atoms with van der Waals surface area (Å²) in [5.74, 6) is 1.57. The van der Waals surface area contributed by atoms with E-state index in [1.165, 1.54) is 18.9 Å². The molecule has 4 rings (SSSR count). The summed E-state index contributed by atoms with van der Waals surface area (Å²) in [4.78, 5) is 15.7. The first-order chi connectivity index (χ1) is 14.2. The van der Waals surface area contributed by atoms with Gasteiger partial charge in [0.15, 0.2) is 11.0 Å². The molecule has 0 aliphatic rings. The number of esters is 1. The van der Waals surface area contributed by atoms with Crippen molar-refractivity contribution in [2.45, 2.75) is 17.8 Å². The Bertz CT molecular complexity index is 1140. The zero-order valence-electron chi connectivity index (χ0n) is 15.9. The van der Waals surface area contributed by atoms with E-state index in [4.69, 9.17) is 4.42 Å². The molecule has 0 aliphatic carbocycles. The van der Waals surface area contributed by atoms with Crippen LogP contribution in [-0.2, 0) is 10.5 Å². The molecule has 4 aromatic rings. The molecular formula is C21H18N4O3S. The zero-order chi connectivity index (χ0) is 20.2. The van der Waals surface area contributed by atoms with Gasteiger partial charge in [0.05, 0.1) is 18.6 Å². The van der Waals surface area contributed by atoms with E-state index in [2.05, 4.69) is 32.9 Å². The number of ether oxygens (including phenoxy) is 1. The van der Waals surface area contributed by atoms with Crippen LogP contribution in [-0.4, -0.2) is 32.8 Å². The standard InChI is InChI=1S/C21H18N4O3S/c1-14-5-3-4-6-17(14)25-19(15-9-11-22-12-10-15)23-24-21(25)29-13-16-7-8-18(28-16)20(26)27-2/h3-12H,13H2,1-2H3. The van der Waals surface area contributed by atoms with Crippen LogP contribution in [0.1, 0.15) is 21.9 Å². The Labute approximate surface area is 171 Å². The van der Waals surface area contributed by atoms with Gasteiger partial charge in [-0.25, -0.2) is 4.79 Å². The Hall–Kier alpha value is -3.39. The highest BCUT2D eigenvalue weighted by molar-refractivity contribution is 7.98. The number of benzene rings is 1. The number of aromatic nitrogens is 4. The van der Waals surface area contributed by atoms with Gasteiger partial charge >= 0.3 is 5.97 Å². The molecule has 8 heteroatoms. The number of methoxy groups -OCH3 is 1. The fraction of sp³-hybridized carbons (Fsp3) is 0.143. The van der Waals surface area contributed by atoms with E-state index in [1.54, 1.807) is 24.5 Å². The van der Waals surface area contributed by atoms with Gasteiger partial charge in [-0.1, -0.05) is 30.0 Å². The lowest BCUT2D eigenvalue weighted by Gasteiger charge is -2.12. The van der Waals surface area contributed by atoms with Crippen molar-refractivity contribution in [3.05, 3.63) is 78.0 Å². The van der Waals surface area contributed by atoms with Crippen molar-refractivity contribution in [2.24, 2.45) is 0 Å². The highest BCUT2D eigenvalue weighted by Crippen LogP contribution is 2.31. The fourth-order valence-corrected chi connectivity index (χ4v) is 3.72. The number of hydrogen-bond acceptors (Lipinski definition) is 7. The molecule has 0 N–H and O–H groups in total. The molecule has 0 aliphatic heterocycles. The number of thioether (sulfide) groups is 1. The molecule has 146 valence electrons. The summed E-state index contributed by atoms with van der Waals surface area (Å²) >= 11 is 1.48. The molecule has 29 heavy (non-hydrogen) atoms. The number of hydrogen-bond donors (Lipinski definition) is 0. The lowest BCUT2D eigenvalue weighted by molar-refractivity contribution is 0.0563. The summed E-state index contributed by atoms with van der Waals surface area (Å²) in [6.07, 6.45) is 3.46. The molecule has 3 aromatic heterocycles. The Kier molecular flexibility index (Phi) is 5.44. The number of para-hydroxylation sites is 1. The van der Waals surface area contributed by atoms with Crippen molar-refractivity contribution in [1.29, 1.82) is 0 Å². The second kappa shape index (κ2) is 8.32. The smallest absolute Gasteiger partial charge is 0.373 e. The van der Waals surface area contributed by atoms with E-state index in [-0.39, 0.29) is 5.76 Å². The average molecular weight is 406 g/mol. The average Bonchev–Trinajstić information content (AvgIpc) is 3.40. The van der Waals surface area contributed by atoms with E-state index >= 15 is 0 Å². The van der Waals surface area contributed by atoms with Gasteiger partial charge in [0.2, 0.25) is 5.76 Å². The Morgan fingerprint density at radius 3 is 2.66 bits per heavy atom. The van der Waals surface area contributed by atoms with Crippen LogP contribution in [0.15, 0.2) is 70.5 Å². The lowest BCUT2D eigenvalue weighted by Crippen LogP contribution is -2.02. The van der Waals surface area contributed by atoms with E-state index in [0.29, 0.717) is 11.5 Å². The Morgan fingerprint density at radius 1 is 1.10 bits per heavy atom. The van der Waals surface area contributed by atoms with Gasteiger partial charge in [-0.2, -0.15) is 0 Å². The number of aryl methyl sites for hydroxylation is 1. The monoisotopic (exact) mass is 406 g/mol. The maximum atomic E-state index is 11.6. The molecule has 0 amide bonds. The van der Waals surface area contributed by atoms with Crippen molar-refractivity contribution in [3.8, 4) is 17.1 Å². The maximum absolute atomic E-state index is 11.6. The zero-order valence-corrected chi connectivity index (χ0v) is 16.7. The SMILES string of the molecule is COC(=O)c1ccc(CSc2nnc(-c3ccncc3)n2-c2ccccc2C)o1. The van der Waals surface area contributed by atoms with Crippen molar-refractivity contribution in [2.75, 3.05) is 7.11 Å². The van der Waals surface area contributed by atoms with Gasteiger partial charge in [-0.15, -0.1) is 10.2 Å². The van der Waals surface area contributed by atoms with E-state index in [0.717, 1.165) is 27.8 Å². The molecule has 0 saturated carbocycles. The van der Waals surface area contributed by atoms with Gasteiger partial charge in [0.1, 0.15) is 5.76 Å².